The first-order valence-corrected chi connectivity index (χ1v) is 25.9. The average molecular weight is 821 g/mol. The fourth-order valence-corrected chi connectivity index (χ4v) is 7.86. The normalized spacial score (nSPS) is 11.9. The quantitative estimate of drug-likeness (QED) is 0.0346. The van der Waals surface area contributed by atoms with Crippen LogP contribution >= 0.6 is 0 Å². The lowest BCUT2D eigenvalue weighted by Crippen LogP contribution is -2.30. The van der Waals surface area contributed by atoms with Gasteiger partial charge < -0.3 is 14.2 Å². The molecule has 6 nitrogen and oxygen atoms in total. The molecule has 0 rings (SSSR count). The van der Waals surface area contributed by atoms with Crippen LogP contribution in [0.3, 0.4) is 0 Å². The van der Waals surface area contributed by atoms with Gasteiger partial charge in [0.15, 0.2) is 6.10 Å². The predicted molar refractivity (Wildman–Crippen MR) is 247 cm³/mol. The Kier molecular flexibility index (Phi) is 45.2. The van der Waals surface area contributed by atoms with Crippen molar-refractivity contribution in [3.05, 3.63) is 0 Å². The maximum Gasteiger partial charge on any atom is 0.306 e. The Morgan fingerprint density at radius 2 is 0.569 bits per heavy atom. The summed E-state index contributed by atoms with van der Waals surface area (Å²) < 4.78 is 16.7. The number of carbonyl (C=O) groups is 3. The summed E-state index contributed by atoms with van der Waals surface area (Å²) in [6.45, 7) is 9.00. The monoisotopic (exact) mass is 821 g/mol. The minimum Gasteiger partial charge on any atom is -0.462 e. The first-order valence-electron chi connectivity index (χ1n) is 25.9. The van der Waals surface area contributed by atoms with Gasteiger partial charge in [0, 0.05) is 19.3 Å². The Hall–Kier alpha value is -1.59. The third-order valence-corrected chi connectivity index (χ3v) is 11.8. The lowest BCUT2D eigenvalue weighted by molar-refractivity contribution is -0.167. The van der Waals surface area contributed by atoms with Crippen LogP contribution in [0, 0.1) is 5.92 Å². The molecular formula is C52H100O6. The summed E-state index contributed by atoms with van der Waals surface area (Å²) in [5.74, 6) is 0.00155. The van der Waals surface area contributed by atoms with E-state index in [9.17, 15) is 14.4 Å². The molecule has 0 N–H and O–H groups in total. The number of hydrogen-bond donors (Lipinski definition) is 0. The molecule has 1 atom stereocenters. The minimum absolute atomic E-state index is 0.0633. The van der Waals surface area contributed by atoms with Crippen LogP contribution in [-0.4, -0.2) is 37.2 Å². The van der Waals surface area contributed by atoms with Crippen LogP contribution in [0.5, 0.6) is 0 Å². The van der Waals surface area contributed by atoms with Crippen molar-refractivity contribution in [3.8, 4) is 0 Å². The molecule has 6 heteroatoms. The second-order valence-corrected chi connectivity index (χ2v) is 18.3. The van der Waals surface area contributed by atoms with Gasteiger partial charge in [0.1, 0.15) is 13.2 Å². The van der Waals surface area contributed by atoms with Gasteiger partial charge >= 0.3 is 17.9 Å². The largest absolute Gasteiger partial charge is 0.462 e. The van der Waals surface area contributed by atoms with E-state index in [4.69, 9.17) is 14.2 Å². The van der Waals surface area contributed by atoms with Gasteiger partial charge in [-0.3, -0.25) is 14.4 Å². The van der Waals surface area contributed by atoms with Gasteiger partial charge in [0.2, 0.25) is 0 Å². The molecule has 0 aromatic carbocycles. The second kappa shape index (κ2) is 46.5. The summed E-state index contributed by atoms with van der Waals surface area (Å²) in [5.41, 5.74) is 0. The van der Waals surface area contributed by atoms with Crippen molar-refractivity contribution in [2.24, 2.45) is 5.92 Å². The molecule has 0 fully saturated rings. The molecule has 0 amide bonds. The maximum atomic E-state index is 12.7. The maximum absolute atomic E-state index is 12.7. The van der Waals surface area contributed by atoms with E-state index in [1.807, 2.05) is 0 Å². The van der Waals surface area contributed by atoms with Crippen LogP contribution in [0.1, 0.15) is 291 Å². The SMILES string of the molecule is CCCCCCCCCCCCCCCCC(=O)OC[C@H](COC(=O)CCCCCCCCCCCCCCCCCCC(C)C)OC(=O)CCCCCCCCC. The molecule has 0 bridgehead atoms. The first kappa shape index (κ1) is 56.4. The van der Waals surface area contributed by atoms with E-state index in [-0.39, 0.29) is 31.1 Å². The number of ether oxygens (including phenoxy) is 3. The van der Waals surface area contributed by atoms with Crippen molar-refractivity contribution >= 4 is 17.9 Å². The minimum atomic E-state index is -0.759. The molecule has 0 aliphatic rings. The van der Waals surface area contributed by atoms with Crippen molar-refractivity contribution < 1.29 is 28.6 Å². The van der Waals surface area contributed by atoms with Crippen LogP contribution < -0.4 is 0 Å². The third kappa shape index (κ3) is 45.5. The van der Waals surface area contributed by atoms with Crippen molar-refractivity contribution in [1.29, 1.82) is 0 Å². The molecule has 0 aliphatic heterocycles. The van der Waals surface area contributed by atoms with E-state index in [0.717, 1.165) is 63.7 Å². The van der Waals surface area contributed by atoms with Gasteiger partial charge in [-0.1, -0.05) is 252 Å². The van der Waals surface area contributed by atoms with E-state index in [0.29, 0.717) is 19.3 Å². The van der Waals surface area contributed by atoms with Crippen molar-refractivity contribution in [2.45, 2.75) is 297 Å². The molecule has 0 aliphatic carbocycles. The lowest BCUT2D eigenvalue weighted by Gasteiger charge is -2.18. The fourth-order valence-electron chi connectivity index (χ4n) is 7.86. The third-order valence-electron chi connectivity index (χ3n) is 11.8. The zero-order valence-corrected chi connectivity index (χ0v) is 39.5. The number of esters is 3. The zero-order chi connectivity index (χ0) is 42.4. The molecule has 0 spiro atoms. The molecule has 0 radical (unpaired) electrons. The van der Waals surface area contributed by atoms with E-state index >= 15 is 0 Å². The van der Waals surface area contributed by atoms with E-state index in [1.54, 1.807) is 0 Å². The van der Waals surface area contributed by atoms with Crippen molar-refractivity contribution in [2.75, 3.05) is 13.2 Å². The predicted octanol–water partition coefficient (Wildman–Crippen LogP) is 16.7. The summed E-state index contributed by atoms with van der Waals surface area (Å²) in [7, 11) is 0. The topological polar surface area (TPSA) is 78.9 Å². The number of hydrogen-bond acceptors (Lipinski definition) is 6. The Bertz CT molecular complexity index is 872. The molecular weight excluding hydrogens is 721 g/mol. The van der Waals surface area contributed by atoms with Gasteiger partial charge in [-0.15, -0.1) is 0 Å². The van der Waals surface area contributed by atoms with Gasteiger partial charge in [-0.2, -0.15) is 0 Å². The highest BCUT2D eigenvalue weighted by atomic mass is 16.6. The number of unbranched alkanes of at least 4 members (excludes halogenated alkanes) is 34. The Morgan fingerprint density at radius 1 is 0.328 bits per heavy atom. The molecule has 344 valence electrons. The highest BCUT2D eigenvalue weighted by Crippen LogP contribution is 2.17. The standard InChI is InChI=1S/C52H100O6/c1-5-7-9-11-13-14-15-16-22-25-28-32-35-39-43-50(53)56-46-49(58-52(55)45-41-37-30-12-10-8-6-2)47-57-51(54)44-40-36-33-29-26-23-20-18-17-19-21-24-27-31-34-38-42-48(3)4/h48-49H,5-47H2,1-4H3/t49-/m1/s1. The smallest absolute Gasteiger partial charge is 0.306 e. The molecule has 0 saturated carbocycles. The lowest BCUT2D eigenvalue weighted by atomic mass is 10.0. The van der Waals surface area contributed by atoms with Crippen LogP contribution in [0.4, 0.5) is 0 Å². The van der Waals surface area contributed by atoms with Crippen LogP contribution in [-0.2, 0) is 28.6 Å². The van der Waals surface area contributed by atoms with Gasteiger partial charge in [-0.05, 0) is 25.2 Å². The van der Waals surface area contributed by atoms with Gasteiger partial charge in [0.25, 0.3) is 0 Å². The zero-order valence-electron chi connectivity index (χ0n) is 39.5. The highest BCUT2D eigenvalue weighted by molar-refractivity contribution is 5.71. The van der Waals surface area contributed by atoms with E-state index < -0.39 is 6.10 Å². The van der Waals surface area contributed by atoms with E-state index in [2.05, 4.69) is 27.7 Å². The second-order valence-electron chi connectivity index (χ2n) is 18.3. The Balaban J connectivity index is 4.13. The average Bonchev–Trinajstić information content (AvgIpc) is 3.21. The van der Waals surface area contributed by atoms with E-state index in [1.165, 1.54) is 186 Å². The van der Waals surface area contributed by atoms with Crippen LogP contribution in [0.15, 0.2) is 0 Å². The number of rotatable bonds is 47. The summed E-state index contributed by atoms with van der Waals surface area (Å²) in [4.78, 5) is 37.8. The molecule has 0 saturated heterocycles. The molecule has 0 aromatic heterocycles. The summed E-state index contributed by atoms with van der Waals surface area (Å²) in [5, 5.41) is 0. The highest BCUT2D eigenvalue weighted by Gasteiger charge is 2.19. The molecule has 58 heavy (non-hydrogen) atoms. The Labute approximate surface area is 361 Å². The summed E-state index contributed by atoms with van der Waals surface area (Å²) in [6.07, 6.45) is 48.2. The van der Waals surface area contributed by atoms with Crippen LogP contribution in [0.2, 0.25) is 0 Å². The van der Waals surface area contributed by atoms with Gasteiger partial charge in [-0.25, -0.2) is 0 Å². The molecule has 0 unspecified atom stereocenters. The van der Waals surface area contributed by atoms with Gasteiger partial charge in [0.05, 0.1) is 0 Å². The molecule has 0 aromatic rings. The molecule has 0 heterocycles. The first-order chi connectivity index (χ1) is 28.4. The Morgan fingerprint density at radius 3 is 0.845 bits per heavy atom. The fraction of sp³-hybridized carbons (Fsp3) is 0.942. The summed E-state index contributed by atoms with van der Waals surface area (Å²) in [6, 6.07) is 0. The summed E-state index contributed by atoms with van der Waals surface area (Å²) >= 11 is 0. The van der Waals surface area contributed by atoms with Crippen molar-refractivity contribution in [1.82, 2.24) is 0 Å². The van der Waals surface area contributed by atoms with Crippen LogP contribution in [0.25, 0.3) is 0 Å². The number of carbonyl (C=O) groups excluding carboxylic acids is 3. The van der Waals surface area contributed by atoms with Crippen molar-refractivity contribution in [3.63, 3.8) is 0 Å².